The summed E-state index contributed by atoms with van der Waals surface area (Å²) in [5.41, 5.74) is 1.95. The van der Waals surface area contributed by atoms with Crippen LogP contribution >= 0.6 is 23.8 Å². The molecule has 0 bridgehead atoms. The lowest BCUT2D eigenvalue weighted by atomic mass is 10.1. The van der Waals surface area contributed by atoms with Crippen LogP contribution in [-0.4, -0.2) is 5.11 Å². The van der Waals surface area contributed by atoms with E-state index in [0.29, 0.717) is 16.7 Å². The molecule has 0 aliphatic heterocycles. The molecular weight excluding hydrogens is 307 g/mol. The third-order valence-corrected chi connectivity index (χ3v) is 3.69. The predicted molar refractivity (Wildman–Crippen MR) is 88.8 cm³/mol. The summed E-state index contributed by atoms with van der Waals surface area (Å²) in [6, 6.07) is 14.0. The first-order chi connectivity index (χ1) is 10.1. The van der Waals surface area contributed by atoms with Gasteiger partial charge in [0.1, 0.15) is 5.82 Å². The van der Waals surface area contributed by atoms with Gasteiger partial charge >= 0.3 is 0 Å². The molecule has 0 aliphatic rings. The molecule has 0 spiro atoms. The highest BCUT2D eigenvalue weighted by molar-refractivity contribution is 7.80. The first-order valence-electron chi connectivity index (χ1n) is 6.59. The molecule has 0 aliphatic carbocycles. The molecule has 0 aromatic heterocycles. The Hall–Kier alpha value is -1.65. The second-order valence-electron chi connectivity index (χ2n) is 4.70. The predicted octanol–water partition coefficient (Wildman–Crippen LogP) is 4.20. The summed E-state index contributed by atoms with van der Waals surface area (Å²) < 4.78 is 12.8. The van der Waals surface area contributed by atoms with Gasteiger partial charge in [0.25, 0.3) is 0 Å². The summed E-state index contributed by atoms with van der Waals surface area (Å²) in [5, 5.41) is 7.52. The molecule has 0 unspecified atom stereocenters. The van der Waals surface area contributed by atoms with E-state index in [1.165, 1.54) is 12.1 Å². The molecule has 2 rings (SSSR count). The Morgan fingerprint density at radius 3 is 2.52 bits per heavy atom. The van der Waals surface area contributed by atoms with Crippen molar-refractivity contribution in [3.8, 4) is 0 Å². The number of nitrogens with one attached hydrogen (secondary N) is 2. The largest absolute Gasteiger partial charge is 0.359 e. The van der Waals surface area contributed by atoms with E-state index in [4.69, 9.17) is 23.8 Å². The van der Waals surface area contributed by atoms with Crippen molar-refractivity contribution in [1.82, 2.24) is 10.6 Å². The van der Waals surface area contributed by atoms with Crippen LogP contribution in [0, 0.1) is 5.82 Å². The summed E-state index contributed by atoms with van der Waals surface area (Å²) in [4.78, 5) is 0. The topological polar surface area (TPSA) is 24.1 Å². The minimum Gasteiger partial charge on any atom is -0.359 e. The Kier molecular flexibility index (Phi) is 5.53. The number of benzene rings is 2. The van der Waals surface area contributed by atoms with Crippen molar-refractivity contribution in [3.05, 3.63) is 70.5 Å². The molecular formula is C16H16ClFN2S. The second kappa shape index (κ2) is 7.38. The maximum atomic E-state index is 12.8. The zero-order valence-corrected chi connectivity index (χ0v) is 13.1. The van der Waals surface area contributed by atoms with Crippen LogP contribution < -0.4 is 10.6 Å². The molecule has 0 amide bonds. The van der Waals surface area contributed by atoms with E-state index in [0.717, 1.165) is 11.1 Å². The van der Waals surface area contributed by atoms with Crippen LogP contribution in [0.2, 0.25) is 5.02 Å². The Morgan fingerprint density at radius 1 is 1.19 bits per heavy atom. The lowest BCUT2D eigenvalue weighted by molar-refractivity contribution is 0.626. The fraction of sp³-hybridized carbons (Fsp3) is 0.188. The molecule has 1 atom stereocenters. The molecule has 2 N–H and O–H groups in total. The lowest BCUT2D eigenvalue weighted by Gasteiger charge is -2.18. The maximum absolute atomic E-state index is 12.8. The zero-order valence-electron chi connectivity index (χ0n) is 11.6. The lowest BCUT2D eigenvalue weighted by Crippen LogP contribution is -2.36. The SMILES string of the molecule is C[C@H](NC(=S)NCc1ccc(F)cc1)c1ccccc1Cl. The Morgan fingerprint density at radius 2 is 1.86 bits per heavy atom. The number of hydrogen-bond donors (Lipinski definition) is 2. The van der Waals surface area contributed by atoms with E-state index in [-0.39, 0.29) is 11.9 Å². The molecule has 2 aromatic rings. The normalized spacial score (nSPS) is 11.8. The van der Waals surface area contributed by atoms with Crippen LogP contribution in [0.1, 0.15) is 24.1 Å². The fourth-order valence-corrected chi connectivity index (χ4v) is 2.48. The minimum atomic E-state index is -0.244. The van der Waals surface area contributed by atoms with Crippen molar-refractivity contribution in [2.24, 2.45) is 0 Å². The van der Waals surface area contributed by atoms with Crippen LogP contribution in [-0.2, 0) is 6.54 Å². The van der Waals surface area contributed by atoms with E-state index in [9.17, 15) is 4.39 Å². The third-order valence-electron chi connectivity index (χ3n) is 3.09. The monoisotopic (exact) mass is 322 g/mol. The highest BCUT2D eigenvalue weighted by Crippen LogP contribution is 2.21. The highest BCUT2D eigenvalue weighted by atomic mass is 35.5. The van der Waals surface area contributed by atoms with Gasteiger partial charge in [0.05, 0.1) is 6.04 Å². The molecule has 0 fully saturated rings. The molecule has 0 radical (unpaired) electrons. The summed E-state index contributed by atoms with van der Waals surface area (Å²) in [6.07, 6.45) is 0. The number of thiocarbonyl (C=S) groups is 1. The fourth-order valence-electron chi connectivity index (χ4n) is 1.94. The average Bonchev–Trinajstić information content (AvgIpc) is 2.47. The van der Waals surface area contributed by atoms with Gasteiger partial charge in [0, 0.05) is 11.6 Å². The van der Waals surface area contributed by atoms with Gasteiger partial charge in [-0.2, -0.15) is 0 Å². The Balaban J connectivity index is 1.87. The van der Waals surface area contributed by atoms with Gasteiger partial charge in [-0.05, 0) is 48.5 Å². The van der Waals surface area contributed by atoms with Crippen molar-refractivity contribution in [2.45, 2.75) is 19.5 Å². The first-order valence-corrected chi connectivity index (χ1v) is 7.38. The van der Waals surface area contributed by atoms with Crippen LogP contribution in [0.15, 0.2) is 48.5 Å². The first kappa shape index (κ1) is 15.7. The van der Waals surface area contributed by atoms with Crippen molar-refractivity contribution in [3.63, 3.8) is 0 Å². The number of hydrogen-bond acceptors (Lipinski definition) is 1. The summed E-state index contributed by atoms with van der Waals surface area (Å²) in [7, 11) is 0. The van der Waals surface area contributed by atoms with Gasteiger partial charge in [0.15, 0.2) is 5.11 Å². The molecule has 5 heteroatoms. The van der Waals surface area contributed by atoms with Crippen LogP contribution in [0.4, 0.5) is 4.39 Å². The number of rotatable bonds is 4. The molecule has 0 saturated carbocycles. The number of halogens is 2. The summed E-state index contributed by atoms with van der Waals surface area (Å²) in [6.45, 7) is 2.54. The Labute approximate surface area is 134 Å². The van der Waals surface area contributed by atoms with Crippen molar-refractivity contribution >= 4 is 28.9 Å². The maximum Gasteiger partial charge on any atom is 0.167 e. The molecule has 0 saturated heterocycles. The van der Waals surface area contributed by atoms with E-state index in [1.807, 2.05) is 31.2 Å². The molecule has 2 aromatic carbocycles. The average molecular weight is 323 g/mol. The Bertz CT molecular complexity index is 616. The third kappa shape index (κ3) is 4.69. The van der Waals surface area contributed by atoms with E-state index < -0.39 is 0 Å². The zero-order chi connectivity index (χ0) is 15.2. The van der Waals surface area contributed by atoms with Crippen LogP contribution in [0.3, 0.4) is 0 Å². The van der Waals surface area contributed by atoms with E-state index >= 15 is 0 Å². The van der Waals surface area contributed by atoms with Crippen LogP contribution in [0.25, 0.3) is 0 Å². The van der Waals surface area contributed by atoms with E-state index in [1.54, 1.807) is 12.1 Å². The van der Waals surface area contributed by atoms with Crippen molar-refractivity contribution in [1.29, 1.82) is 0 Å². The molecule has 110 valence electrons. The molecule has 0 heterocycles. The quantitative estimate of drug-likeness (QED) is 0.825. The summed E-state index contributed by atoms with van der Waals surface area (Å²) >= 11 is 11.4. The highest BCUT2D eigenvalue weighted by Gasteiger charge is 2.09. The minimum absolute atomic E-state index is 0.00641. The standard InChI is InChI=1S/C16H16ClFN2S/c1-11(14-4-2-3-5-15(14)17)20-16(21)19-10-12-6-8-13(18)9-7-12/h2-9,11H,10H2,1H3,(H2,19,20,21)/t11-/m0/s1. The van der Waals surface area contributed by atoms with Gasteiger partial charge in [0.2, 0.25) is 0 Å². The molecule has 2 nitrogen and oxygen atoms in total. The van der Waals surface area contributed by atoms with Crippen LogP contribution in [0.5, 0.6) is 0 Å². The van der Waals surface area contributed by atoms with Gasteiger partial charge in [-0.25, -0.2) is 4.39 Å². The van der Waals surface area contributed by atoms with Crippen molar-refractivity contribution < 1.29 is 4.39 Å². The second-order valence-corrected chi connectivity index (χ2v) is 5.51. The smallest absolute Gasteiger partial charge is 0.167 e. The van der Waals surface area contributed by atoms with Gasteiger partial charge in [-0.1, -0.05) is 41.9 Å². The molecule has 21 heavy (non-hydrogen) atoms. The summed E-state index contributed by atoms with van der Waals surface area (Å²) in [5.74, 6) is -0.244. The van der Waals surface area contributed by atoms with Crippen molar-refractivity contribution in [2.75, 3.05) is 0 Å². The van der Waals surface area contributed by atoms with Gasteiger partial charge in [-0.15, -0.1) is 0 Å². The van der Waals surface area contributed by atoms with E-state index in [2.05, 4.69) is 10.6 Å². The van der Waals surface area contributed by atoms with Gasteiger partial charge < -0.3 is 10.6 Å². The van der Waals surface area contributed by atoms with Gasteiger partial charge in [-0.3, -0.25) is 0 Å².